The number of aryl methyl sites for hydroxylation is 1. The molecule has 0 spiro atoms. The summed E-state index contributed by atoms with van der Waals surface area (Å²) >= 11 is 0. The number of carbonyl (C=O) groups excluding carboxylic acids is 3. The predicted molar refractivity (Wildman–Crippen MR) is 118 cm³/mol. The second-order valence-corrected chi connectivity index (χ2v) is 7.61. The average Bonchev–Trinajstić information content (AvgIpc) is 3.03. The molecule has 0 saturated heterocycles. The number of aromatic carboxylic acids is 1. The summed E-state index contributed by atoms with van der Waals surface area (Å²) in [6, 6.07) is 16.1. The van der Waals surface area contributed by atoms with Crippen LogP contribution in [-0.2, 0) is 6.54 Å². The molecule has 0 fully saturated rings. The number of rotatable bonds is 5. The Labute approximate surface area is 184 Å². The summed E-state index contributed by atoms with van der Waals surface area (Å²) in [6.07, 6.45) is 0. The number of hydrogen-bond donors (Lipinski definition) is 2. The average molecular weight is 428 g/mol. The molecule has 0 radical (unpaired) electrons. The quantitative estimate of drug-likeness (QED) is 0.603. The van der Waals surface area contributed by atoms with Crippen LogP contribution in [0.4, 0.5) is 5.69 Å². The minimum atomic E-state index is -1.05. The molecule has 0 saturated carbocycles. The highest BCUT2D eigenvalue weighted by Gasteiger charge is 2.37. The molecule has 3 amide bonds. The van der Waals surface area contributed by atoms with E-state index in [9.17, 15) is 19.2 Å². The fourth-order valence-electron chi connectivity index (χ4n) is 3.68. The highest BCUT2D eigenvalue weighted by molar-refractivity contribution is 6.35. The number of benzene rings is 3. The van der Waals surface area contributed by atoms with Gasteiger partial charge < -0.3 is 10.4 Å². The highest BCUT2D eigenvalue weighted by atomic mass is 16.4. The van der Waals surface area contributed by atoms with Crippen molar-refractivity contribution in [3.05, 3.63) is 99.6 Å². The van der Waals surface area contributed by atoms with Crippen LogP contribution in [0.1, 0.15) is 58.1 Å². The number of nitrogens with zero attached hydrogens (tertiary/aromatic N) is 1. The lowest BCUT2D eigenvalue weighted by Crippen LogP contribution is -2.30. The molecular formula is C25H20N2O5. The Hall–Kier alpha value is -4.26. The monoisotopic (exact) mass is 428 g/mol. The van der Waals surface area contributed by atoms with Crippen molar-refractivity contribution in [3.8, 4) is 0 Å². The first-order valence-electron chi connectivity index (χ1n) is 9.97. The van der Waals surface area contributed by atoms with E-state index in [2.05, 4.69) is 5.32 Å². The van der Waals surface area contributed by atoms with E-state index in [1.54, 1.807) is 24.3 Å². The lowest BCUT2D eigenvalue weighted by atomic mass is 10.1. The molecule has 0 bridgehead atoms. The van der Waals surface area contributed by atoms with E-state index in [1.165, 1.54) is 30.3 Å². The van der Waals surface area contributed by atoms with E-state index in [4.69, 9.17) is 5.11 Å². The Balaban J connectivity index is 1.56. The second-order valence-electron chi connectivity index (χ2n) is 7.61. The number of imide groups is 1. The molecule has 0 aliphatic carbocycles. The number of fused-ring (bicyclic) bond motifs is 1. The van der Waals surface area contributed by atoms with Crippen LogP contribution in [0.2, 0.25) is 0 Å². The van der Waals surface area contributed by atoms with Crippen LogP contribution in [0.3, 0.4) is 0 Å². The van der Waals surface area contributed by atoms with Crippen molar-refractivity contribution in [1.82, 2.24) is 5.32 Å². The normalized spacial score (nSPS) is 12.6. The van der Waals surface area contributed by atoms with E-state index in [-0.39, 0.29) is 28.8 Å². The molecule has 3 aromatic rings. The number of carbonyl (C=O) groups is 4. The molecule has 1 aliphatic rings. The minimum absolute atomic E-state index is 0.124. The SMILES string of the molecule is Cc1cccc(N2C(=O)c3ccc(C(=O)NCc4cccc(C(=O)O)c4)cc3C2=O)c1C. The second kappa shape index (κ2) is 8.11. The molecule has 1 aliphatic heterocycles. The third kappa shape index (κ3) is 3.65. The zero-order valence-corrected chi connectivity index (χ0v) is 17.5. The van der Waals surface area contributed by atoms with Gasteiger partial charge in [0.05, 0.1) is 22.4 Å². The maximum Gasteiger partial charge on any atom is 0.335 e. The largest absolute Gasteiger partial charge is 0.478 e. The Morgan fingerprint density at radius 2 is 1.59 bits per heavy atom. The Morgan fingerprint density at radius 1 is 0.875 bits per heavy atom. The number of carboxylic acid groups (broad SMARTS) is 1. The molecule has 4 rings (SSSR count). The van der Waals surface area contributed by atoms with Crippen LogP contribution in [0, 0.1) is 13.8 Å². The van der Waals surface area contributed by atoms with Crippen molar-refractivity contribution in [2.45, 2.75) is 20.4 Å². The van der Waals surface area contributed by atoms with Gasteiger partial charge >= 0.3 is 5.97 Å². The van der Waals surface area contributed by atoms with Gasteiger partial charge in [0, 0.05) is 12.1 Å². The van der Waals surface area contributed by atoms with E-state index in [1.807, 2.05) is 19.9 Å². The smallest absolute Gasteiger partial charge is 0.335 e. The van der Waals surface area contributed by atoms with Crippen molar-refractivity contribution in [2.24, 2.45) is 0 Å². The standard InChI is InChI=1S/C25H20N2O5/c1-14-5-3-8-21(15(14)2)27-23(29)19-10-9-17(12-20(19)24(27)30)22(28)26-13-16-6-4-7-18(11-16)25(31)32/h3-12H,13H2,1-2H3,(H,26,28)(H,31,32). The van der Waals surface area contributed by atoms with Crippen LogP contribution in [0.15, 0.2) is 60.7 Å². The zero-order valence-electron chi connectivity index (χ0n) is 17.5. The molecule has 1 heterocycles. The number of anilines is 1. The van der Waals surface area contributed by atoms with Gasteiger partial charge in [-0.15, -0.1) is 0 Å². The van der Waals surface area contributed by atoms with Gasteiger partial charge in [-0.1, -0.05) is 24.3 Å². The maximum atomic E-state index is 13.0. The Morgan fingerprint density at radius 3 is 2.34 bits per heavy atom. The van der Waals surface area contributed by atoms with Crippen LogP contribution in [-0.4, -0.2) is 28.8 Å². The molecule has 7 heteroatoms. The van der Waals surface area contributed by atoms with E-state index >= 15 is 0 Å². The number of hydrogen-bond acceptors (Lipinski definition) is 4. The fraction of sp³-hybridized carbons (Fsp3) is 0.120. The molecule has 160 valence electrons. The van der Waals surface area contributed by atoms with Gasteiger partial charge in [-0.2, -0.15) is 0 Å². The molecule has 32 heavy (non-hydrogen) atoms. The third-order valence-electron chi connectivity index (χ3n) is 5.59. The molecule has 2 N–H and O–H groups in total. The van der Waals surface area contributed by atoms with Crippen LogP contribution < -0.4 is 10.2 Å². The Bertz CT molecular complexity index is 1300. The number of carboxylic acids is 1. The zero-order chi connectivity index (χ0) is 23.0. The third-order valence-corrected chi connectivity index (χ3v) is 5.59. The minimum Gasteiger partial charge on any atom is -0.478 e. The highest BCUT2D eigenvalue weighted by Crippen LogP contribution is 2.32. The fourth-order valence-corrected chi connectivity index (χ4v) is 3.68. The van der Waals surface area contributed by atoms with Gasteiger partial charge in [-0.05, 0) is 66.9 Å². The lowest BCUT2D eigenvalue weighted by Gasteiger charge is -2.17. The van der Waals surface area contributed by atoms with Gasteiger partial charge in [-0.3, -0.25) is 14.4 Å². The first-order chi connectivity index (χ1) is 15.3. The summed E-state index contributed by atoms with van der Waals surface area (Å²) in [6.45, 7) is 3.89. The molecule has 0 aromatic heterocycles. The summed E-state index contributed by atoms with van der Waals surface area (Å²) in [5.74, 6) is -2.37. The van der Waals surface area contributed by atoms with Gasteiger partial charge in [-0.25, -0.2) is 9.69 Å². The first-order valence-corrected chi connectivity index (χ1v) is 9.97. The number of nitrogens with one attached hydrogen (secondary N) is 1. The molecule has 0 atom stereocenters. The van der Waals surface area contributed by atoms with Crippen molar-refractivity contribution in [1.29, 1.82) is 0 Å². The summed E-state index contributed by atoms with van der Waals surface area (Å²) < 4.78 is 0. The van der Waals surface area contributed by atoms with E-state index < -0.39 is 23.7 Å². The molecule has 7 nitrogen and oxygen atoms in total. The van der Waals surface area contributed by atoms with Crippen LogP contribution in [0.25, 0.3) is 0 Å². The summed E-state index contributed by atoms with van der Waals surface area (Å²) in [5.41, 5.74) is 3.76. The van der Waals surface area contributed by atoms with Crippen molar-refractivity contribution in [3.63, 3.8) is 0 Å². The van der Waals surface area contributed by atoms with E-state index in [0.29, 0.717) is 11.3 Å². The van der Waals surface area contributed by atoms with Crippen molar-refractivity contribution in [2.75, 3.05) is 4.90 Å². The van der Waals surface area contributed by atoms with Crippen molar-refractivity contribution < 1.29 is 24.3 Å². The van der Waals surface area contributed by atoms with Gasteiger partial charge in [0.15, 0.2) is 0 Å². The molecule has 0 unspecified atom stereocenters. The number of amides is 3. The molecular weight excluding hydrogens is 408 g/mol. The van der Waals surface area contributed by atoms with Crippen molar-refractivity contribution >= 4 is 29.4 Å². The van der Waals surface area contributed by atoms with E-state index in [0.717, 1.165) is 16.0 Å². The predicted octanol–water partition coefficient (Wildman–Crippen LogP) is 3.73. The maximum absolute atomic E-state index is 13.0. The topological polar surface area (TPSA) is 104 Å². The summed E-state index contributed by atoms with van der Waals surface area (Å²) in [5, 5.41) is 11.8. The van der Waals surface area contributed by atoms with Crippen LogP contribution in [0.5, 0.6) is 0 Å². The summed E-state index contributed by atoms with van der Waals surface area (Å²) in [7, 11) is 0. The first kappa shape index (κ1) is 21.0. The van der Waals surface area contributed by atoms with Gasteiger partial charge in [0.1, 0.15) is 0 Å². The lowest BCUT2D eigenvalue weighted by molar-refractivity contribution is 0.0696. The Kier molecular flexibility index (Phi) is 5.32. The summed E-state index contributed by atoms with van der Waals surface area (Å²) in [4.78, 5) is 50.8. The van der Waals surface area contributed by atoms with Crippen LogP contribution >= 0.6 is 0 Å². The molecule has 3 aromatic carbocycles. The van der Waals surface area contributed by atoms with Gasteiger partial charge in [0.2, 0.25) is 0 Å². The van der Waals surface area contributed by atoms with Gasteiger partial charge in [0.25, 0.3) is 17.7 Å².